The van der Waals surface area contributed by atoms with Gasteiger partial charge in [0, 0.05) is 0 Å². The molecule has 1 aliphatic carbocycles. The van der Waals surface area contributed by atoms with E-state index in [1.165, 1.54) is 11.1 Å². The Morgan fingerprint density at radius 2 is 2.00 bits per heavy atom. The number of ether oxygens (including phenoxy) is 1. The second-order valence-electron chi connectivity index (χ2n) is 4.40. The molecule has 0 bridgehead atoms. The summed E-state index contributed by atoms with van der Waals surface area (Å²) in [5.74, 6) is 0.879. The summed E-state index contributed by atoms with van der Waals surface area (Å²) in [5.41, 5.74) is 2.51. The summed E-state index contributed by atoms with van der Waals surface area (Å²) in [7, 11) is 0. The van der Waals surface area contributed by atoms with Crippen molar-refractivity contribution in [2.45, 2.75) is 45.3 Å². The first-order valence-electron chi connectivity index (χ1n) is 5.59. The van der Waals surface area contributed by atoms with Gasteiger partial charge in [0.25, 0.3) is 0 Å². The van der Waals surface area contributed by atoms with E-state index >= 15 is 0 Å². The van der Waals surface area contributed by atoms with Crippen LogP contribution in [0.5, 0.6) is 5.75 Å². The number of hydrogen-bond acceptors (Lipinski definition) is 2. The van der Waals surface area contributed by atoms with E-state index in [-0.39, 0.29) is 12.2 Å². The van der Waals surface area contributed by atoms with Crippen LogP contribution in [0.1, 0.15) is 30.4 Å². The molecule has 1 N–H and O–H groups in total. The van der Waals surface area contributed by atoms with E-state index in [2.05, 4.69) is 19.9 Å². The third-order valence-corrected chi connectivity index (χ3v) is 3.18. The van der Waals surface area contributed by atoms with Crippen molar-refractivity contribution in [3.8, 4) is 5.75 Å². The molecule has 1 saturated carbocycles. The van der Waals surface area contributed by atoms with Gasteiger partial charge in [0.2, 0.25) is 0 Å². The molecule has 1 aromatic rings. The van der Waals surface area contributed by atoms with Crippen molar-refractivity contribution < 1.29 is 9.84 Å². The Morgan fingerprint density at radius 1 is 1.20 bits per heavy atom. The molecule has 0 spiro atoms. The SMILES string of the molecule is Cc1ccc(O[C@@H]2CCC[C@H]2O)cc1C. The first-order chi connectivity index (χ1) is 7.16. The zero-order valence-corrected chi connectivity index (χ0v) is 9.36. The van der Waals surface area contributed by atoms with E-state index in [0.29, 0.717) is 0 Å². The number of rotatable bonds is 2. The quantitative estimate of drug-likeness (QED) is 0.806. The Morgan fingerprint density at radius 3 is 2.60 bits per heavy atom. The summed E-state index contributed by atoms with van der Waals surface area (Å²) in [6, 6.07) is 6.08. The lowest BCUT2D eigenvalue weighted by Gasteiger charge is -2.17. The van der Waals surface area contributed by atoms with Gasteiger partial charge >= 0.3 is 0 Å². The van der Waals surface area contributed by atoms with Crippen molar-refractivity contribution in [2.24, 2.45) is 0 Å². The maximum atomic E-state index is 9.65. The molecule has 0 aliphatic heterocycles. The molecule has 1 fully saturated rings. The summed E-state index contributed by atoms with van der Waals surface area (Å²) >= 11 is 0. The summed E-state index contributed by atoms with van der Waals surface area (Å²) in [6.07, 6.45) is 2.61. The van der Waals surface area contributed by atoms with Crippen molar-refractivity contribution in [2.75, 3.05) is 0 Å². The Hall–Kier alpha value is -1.02. The predicted molar refractivity (Wildman–Crippen MR) is 60.2 cm³/mol. The first-order valence-corrected chi connectivity index (χ1v) is 5.59. The summed E-state index contributed by atoms with van der Waals surface area (Å²) < 4.78 is 5.77. The topological polar surface area (TPSA) is 29.5 Å². The molecule has 0 unspecified atom stereocenters. The normalized spacial score (nSPS) is 25.5. The van der Waals surface area contributed by atoms with E-state index < -0.39 is 0 Å². The van der Waals surface area contributed by atoms with Crippen LogP contribution in [0.25, 0.3) is 0 Å². The third-order valence-electron chi connectivity index (χ3n) is 3.18. The zero-order chi connectivity index (χ0) is 10.8. The molecule has 0 radical (unpaired) electrons. The number of aliphatic hydroxyl groups is 1. The van der Waals surface area contributed by atoms with Crippen molar-refractivity contribution >= 4 is 0 Å². The van der Waals surface area contributed by atoms with Crippen LogP contribution < -0.4 is 4.74 Å². The highest BCUT2D eigenvalue weighted by Crippen LogP contribution is 2.25. The van der Waals surface area contributed by atoms with Gasteiger partial charge in [-0.15, -0.1) is 0 Å². The van der Waals surface area contributed by atoms with Gasteiger partial charge in [-0.25, -0.2) is 0 Å². The molecule has 1 aliphatic rings. The van der Waals surface area contributed by atoms with Crippen LogP contribution in [0, 0.1) is 13.8 Å². The molecule has 2 heteroatoms. The highest BCUT2D eigenvalue weighted by Gasteiger charge is 2.26. The van der Waals surface area contributed by atoms with Gasteiger partial charge < -0.3 is 9.84 Å². The van der Waals surface area contributed by atoms with E-state index in [1.54, 1.807) is 0 Å². The molecular formula is C13H18O2. The van der Waals surface area contributed by atoms with Crippen LogP contribution in [0.2, 0.25) is 0 Å². The Kier molecular flexibility index (Phi) is 2.96. The molecule has 0 heterocycles. The molecule has 0 saturated heterocycles. The molecule has 2 rings (SSSR count). The van der Waals surface area contributed by atoms with E-state index in [4.69, 9.17) is 4.74 Å². The number of benzene rings is 1. The first kappa shape index (κ1) is 10.5. The highest BCUT2D eigenvalue weighted by molar-refractivity contribution is 5.34. The van der Waals surface area contributed by atoms with E-state index in [9.17, 15) is 5.11 Å². The standard InChI is InChI=1S/C13H18O2/c1-9-6-7-11(8-10(9)2)15-13-5-3-4-12(13)14/h6-8,12-14H,3-5H2,1-2H3/t12-,13-/m1/s1. The maximum Gasteiger partial charge on any atom is 0.124 e. The zero-order valence-electron chi connectivity index (χ0n) is 9.36. The predicted octanol–water partition coefficient (Wildman–Crippen LogP) is 2.60. The fraction of sp³-hybridized carbons (Fsp3) is 0.538. The minimum Gasteiger partial charge on any atom is -0.488 e. The second-order valence-corrected chi connectivity index (χ2v) is 4.40. The minimum atomic E-state index is -0.286. The van der Waals surface area contributed by atoms with Crippen molar-refractivity contribution in [1.82, 2.24) is 0 Å². The number of aliphatic hydroxyl groups excluding tert-OH is 1. The van der Waals surface area contributed by atoms with Crippen molar-refractivity contribution in [3.05, 3.63) is 29.3 Å². The van der Waals surface area contributed by atoms with Crippen LogP contribution in [-0.2, 0) is 0 Å². The van der Waals surface area contributed by atoms with Gasteiger partial charge in [-0.2, -0.15) is 0 Å². The molecule has 1 aromatic carbocycles. The van der Waals surface area contributed by atoms with Gasteiger partial charge in [0.05, 0.1) is 6.10 Å². The summed E-state index contributed by atoms with van der Waals surface area (Å²) in [4.78, 5) is 0. The van der Waals surface area contributed by atoms with E-state index in [1.807, 2.05) is 12.1 Å². The maximum absolute atomic E-state index is 9.65. The molecule has 15 heavy (non-hydrogen) atoms. The average Bonchev–Trinajstić information content (AvgIpc) is 2.59. The molecule has 0 amide bonds. The fourth-order valence-corrected chi connectivity index (χ4v) is 2.01. The average molecular weight is 206 g/mol. The minimum absolute atomic E-state index is 0.00731. The van der Waals surface area contributed by atoms with Gasteiger partial charge in [-0.05, 0) is 56.4 Å². The lowest BCUT2D eigenvalue weighted by Crippen LogP contribution is -2.25. The second kappa shape index (κ2) is 4.23. The van der Waals surface area contributed by atoms with Gasteiger partial charge in [-0.1, -0.05) is 6.07 Å². The van der Waals surface area contributed by atoms with Crippen LogP contribution in [0.15, 0.2) is 18.2 Å². The van der Waals surface area contributed by atoms with E-state index in [0.717, 1.165) is 25.0 Å². The fourth-order valence-electron chi connectivity index (χ4n) is 2.01. The monoisotopic (exact) mass is 206 g/mol. The molecule has 2 atom stereocenters. The Balaban J connectivity index is 2.07. The third kappa shape index (κ3) is 2.32. The summed E-state index contributed by atoms with van der Waals surface area (Å²) in [6.45, 7) is 4.16. The molecular weight excluding hydrogens is 188 g/mol. The largest absolute Gasteiger partial charge is 0.488 e. The smallest absolute Gasteiger partial charge is 0.124 e. The van der Waals surface area contributed by atoms with Crippen LogP contribution in [-0.4, -0.2) is 17.3 Å². The highest BCUT2D eigenvalue weighted by atomic mass is 16.5. The van der Waals surface area contributed by atoms with Crippen LogP contribution in [0.4, 0.5) is 0 Å². The van der Waals surface area contributed by atoms with Crippen LogP contribution in [0.3, 0.4) is 0 Å². The Labute approximate surface area is 90.9 Å². The number of hydrogen-bond donors (Lipinski definition) is 1. The van der Waals surface area contributed by atoms with Crippen molar-refractivity contribution in [1.29, 1.82) is 0 Å². The van der Waals surface area contributed by atoms with Gasteiger partial charge in [0.1, 0.15) is 11.9 Å². The van der Waals surface area contributed by atoms with Gasteiger partial charge in [-0.3, -0.25) is 0 Å². The van der Waals surface area contributed by atoms with Gasteiger partial charge in [0.15, 0.2) is 0 Å². The van der Waals surface area contributed by atoms with Crippen LogP contribution >= 0.6 is 0 Å². The number of aryl methyl sites for hydroxylation is 2. The lowest BCUT2D eigenvalue weighted by molar-refractivity contribution is 0.0603. The van der Waals surface area contributed by atoms with Crippen molar-refractivity contribution in [3.63, 3.8) is 0 Å². The summed E-state index contributed by atoms with van der Waals surface area (Å²) in [5, 5.41) is 9.65. The molecule has 2 nitrogen and oxygen atoms in total. The molecule has 0 aromatic heterocycles. The Bertz CT molecular complexity index is 346. The molecule has 82 valence electrons. The lowest BCUT2D eigenvalue weighted by atomic mass is 10.1.